The van der Waals surface area contributed by atoms with E-state index in [4.69, 9.17) is 5.73 Å². The van der Waals surface area contributed by atoms with E-state index in [1.54, 1.807) is 0 Å². The van der Waals surface area contributed by atoms with Gasteiger partial charge >= 0.3 is 0 Å². The number of nitrogens with two attached hydrogens (primary N) is 1. The number of hydrogen-bond donors (Lipinski definition) is 1. The number of rotatable bonds is 5. The van der Waals surface area contributed by atoms with E-state index in [-0.39, 0.29) is 0 Å². The van der Waals surface area contributed by atoms with Crippen LogP contribution >= 0.6 is 0 Å². The summed E-state index contributed by atoms with van der Waals surface area (Å²) in [7, 11) is 4.24. The fourth-order valence-electron chi connectivity index (χ4n) is 1.96. The monoisotopic (exact) mass is 224 g/mol. The molecule has 2 aliphatic rings. The fraction of sp³-hybridized carbons (Fsp3) is 0.917. The first-order valence-electron chi connectivity index (χ1n) is 6.34. The number of guanidine groups is 1. The minimum atomic E-state index is 0.499. The molecule has 0 amide bonds. The zero-order valence-corrected chi connectivity index (χ0v) is 10.7. The molecular formula is C12H24N4. The van der Waals surface area contributed by atoms with Crippen LogP contribution in [0.1, 0.15) is 32.6 Å². The van der Waals surface area contributed by atoms with Crippen molar-refractivity contribution in [3.63, 3.8) is 0 Å². The van der Waals surface area contributed by atoms with Crippen molar-refractivity contribution in [3.8, 4) is 0 Å². The maximum atomic E-state index is 5.96. The first-order chi connectivity index (χ1) is 7.59. The standard InChI is InChI=1S/C12H24N4/c1-9(15(2)10-4-5-10)8-14-12(13)16(3)11-6-7-11/h9-11H,4-8H2,1-3H3,(H2,13,14). The van der Waals surface area contributed by atoms with Crippen molar-refractivity contribution in [1.29, 1.82) is 0 Å². The van der Waals surface area contributed by atoms with Gasteiger partial charge in [-0.05, 0) is 39.7 Å². The second-order valence-electron chi connectivity index (χ2n) is 5.29. The Morgan fingerprint density at radius 2 is 1.81 bits per heavy atom. The predicted molar refractivity (Wildman–Crippen MR) is 67.5 cm³/mol. The smallest absolute Gasteiger partial charge is 0.191 e. The van der Waals surface area contributed by atoms with Gasteiger partial charge in [-0.2, -0.15) is 0 Å². The van der Waals surface area contributed by atoms with Crippen LogP contribution in [0.25, 0.3) is 0 Å². The molecule has 2 rings (SSSR count). The van der Waals surface area contributed by atoms with Crippen LogP contribution in [-0.2, 0) is 0 Å². The molecule has 1 atom stereocenters. The summed E-state index contributed by atoms with van der Waals surface area (Å²) in [5.41, 5.74) is 5.96. The Morgan fingerprint density at radius 1 is 1.25 bits per heavy atom. The summed E-state index contributed by atoms with van der Waals surface area (Å²) in [5, 5.41) is 0. The van der Waals surface area contributed by atoms with Gasteiger partial charge in [-0.25, -0.2) is 0 Å². The molecule has 2 saturated carbocycles. The Bertz CT molecular complexity index is 268. The molecule has 0 aromatic heterocycles. The molecule has 1 unspecified atom stereocenters. The summed E-state index contributed by atoms with van der Waals surface area (Å²) in [6.45, 7) is 3.04. The normalized spacial score (nSPS) is 23.6. The molecule has 0 saturated heterocycles. The topological polar surface area (TPSA) is 44.9 Å². The lowest BCUT2D eigenvalue weighted by Gasteiger charge is -2.24. The lowest BCUT2D eigenvalue weighted by Crippen LogP contribution is -2.38. The van der Waals surface area contributed by atoms with Crippen LogP contribution < -0.4 is 5.73 Å². The first kappa shape index (κ1) is 11.7. The minimum Gasteiger partial charge on any atom is -0.370 e. The van der Waals surface area contributed by atoms with Gasteiger partial charge in [-0.3, -0.25) is 9.89 Å². The predicted octanol–water partition coefficient (Wildman–Crippen LogP) is 0.878. The van der Waals surface area contributed by atoms with E-state index in [1.165, 1.54) is 25.7 Å². The average Bonchev–Trinajstić information content (AvgIpc) is 3.14. The third-order valence-electron chi connectivity index (χ3n) is 3.79. The van der Waals surface area contributed by atoms with E-state index in [0.717, 1.165) is 12.6 Å². The second-order valence-corrected chi connectivity index (χ2v) is 5.29. The molecule has 0 bridgehead atoms. The molecule has 0 heterocycles. The lowest BCUT2D eigenvalue weighted by atomic mass is 10.3. The molecule has 2 N–H and O–H groups in total. The summed E-state index contributed by atoms with van der Waals surface area (Å²) in [5.74, 6) is 0.707. The van der Waals surface area contributed by atoms with Gasteiger partial charge in [0.15, 0.2) is 5.96 Å². The van der Waals surface area contributed by atoms with Gasteiger partial charge < -0.3 is 10.6 Å². The molecule has 0 aromatic rings. The van der Waals surface area contributed by atoms with E-state index < -0.39 is 0 Å². The Kier molecular flexibility index (Phi) is 3.38. The SMILES string of the molecule is CC(CN=C(N)N(C)C1CC1)N(C)C1CC1. The average molecular weight is 224 g/mol. The van der Waals surface area contributed by atoms with Crippen LogP contribution in [0.4, 0.5) is 0 Å². The number of likely N-dealkylation sites (N-methyl/N-ethyl adjacent to an activating group) is 1. The van der Waals surface area contributed by atoms with Crippen LogP contribution in [0.2, 0.25) is 0 Å². The van der Waals surface area contributed by atoms with Crippen molar-refractivity contribution >= 4 is 5.96 Å². The molecule has 2 fully saturated rings. The summed E-state index contributed by atoms with van der Waals surface area (Å²) >= 11 is 0. The first-order valence-corrected chi connectivity index (χ1v) is 6.34. The largest absolute Gasteiger partial charge is 0.370 e. The van der Waals surface area contributed by atoms with Gasteiger partial charge in [-0.1, -0.05) is 0 Å². The highest BCUT2D eigenvalue weighted by Crippen LogP contribution is 2.27. The maximum Gasteiger partial charge on any atom is 0.191 e. The molecule has 0 aromatic carbocycles. The van der Waals surface area contributed by atoms with Crippen LogP contribution in [0.3, 0.4) is 0 Å². The van der Waals surface area contributed by atoms with Gasteiger partial charge in [0.1, 0.15) is 0 Å². The van der Waals surface area contributed by atoms with Crippen molar-refractivity contribution in [2.75, 3.05) is 20.6 Å². The van der Waals surface area contributed by atoms with Crippen LogP contribution in [0, 0.1) is 0 Å². The van der Waals surface area contributed by atoms with Gasteiger partial charge in [0, 0.05) is 25.2 Å². The molecule has 4 heteroatoms. The van der Waals surface area contributed by atoms with Gasteiger partial charge in [0.05, 0.1) is 6.54 Å². The van der Waals surface area contributed by atoms with E-state index in [0.29, 0.717) is 18.0 Å². The molecule has 0 spiro atoms. The lowest BCUT2D eigenvalue weighted by molar-refractivity contribution is 0.253. The van der Waals surface area contributed by atoms with Crippen molar-refractivity contribution in [2.45, 2.75) is 50.7 Å². The number of hydrogen-bond acceptors (Lipinski definition) is 2. The van der Waals surface area contributed by atoms with E-state index in [9.17, 15) is 0 Å². The summed E-state index contributed by atoms with van der Waals surface area (Å²) in [6, 6.07) is 1.95. The molecule has 0 aliphatic heterocycles. The van der Waals surface area contributed by atoms with E-state index in [1.807, 2.05) is 7.05 Å². The zero-order valence-electron chi connectivity index (χ0n) is 10.7. The van der Waals surface area contributed by atoms with Crippen molar-refractivity contribution < 1.29 is 0 Å². The summed E-state index contributed by atoms with van der Waals surface area (Å²) < 4.78 is 0. The van der Waals surface area contributed by atoms with Gasteiger partial charge in [-0.15, -0.1) is 0 Å². The fourth-order valence-corrected chi connectivity index (χ4v) is 1.96. The highest BCUT2D eigenvalue weighted by Gasteiger charge is 2.29. The molecule has 92 valence electrons. The molecule has 0 radical (unpaired) electrons. The molecule has 16 heavy (non-hydrogen) atoms. The third kappa shape index (κ3) is 2.88. The summed E-state index contributed by atoms with van der Waals surface area (Å²) in [4.78, 5) is 9.03. The van der Waals surface area contributed by atoms with Crippen molar-refractivity contribution in [2.24, 2.45) is 10.7 Å². The van der Waals surface area contributed by atoms with Crippen molar-refractivity contribution in [1.82, 2.24) is 9.80 Å². The Morgan fingerprint density at radius 3 is 2.31 bits per heavy atom. The summed E-state index contributed by atoms with van der Waals surface area (Å²) in [6.07, 6.45) is 5.23. The van der Waals surface area contributed by atoms with Gasteiger partial charge in [0.2, 0.25) is 0 Å². The third-order valence-corrected chi connectivity index (χ3v) is 3.79. The van der Waals surface area contributed by atoms with E-state index >= 15 is 0 Å². The molecular weight excluding hydrogens is 200 g/mol. The quantitative estimate of drug-likeness (QED) is 0.557. The minimum absolute atomic E-state index is 0.499. The molecule has 2 aliphatic carbocycles. The number of nitrogens with zero attached hydrogens (tertiary/aromatic N) is 3. The van der Waals surface area contributed by atoms with Crippen LogP contribution in [0.15, 0.2) is 4.99 Å². The highest BCUT2D eigenvalue weighted by atomic mass is 15.3. The van der Waals surface area contributed by atoms with Gasteiger partial charge in [0.25, 0.3) is 0 Å². The second kappa shape index (κ2) is 4.62. The zero-order chi connectivity index (χ0) is 11.7. The Balaban J connectivity index is 1.77. The molecule has 4 nitrogen and oxygen atoms in total. The van der Waals surface area contributed by atoms with Crippen LogP contribution in [0.5, 0.6) is 0 Å². The van der Waals surface area contributed by atoms with E-state index in [2.05, 4.69) is 28.8 Å². The number of aliphatic imine (C=N–C) groups is 1. The highest BCUT2D eigenvalue weighted by molar-refractivity contribution is 5.78. The Labute approximate surface area is 98.5 Å². The maximum absolute atomic E-state index is 5.96. The van der Waals surface area contributed by atoms with Crippen LogP contribution in [-0.4, -0.2) is 54.5 Å². The Hall–Kier alpha value is -0.770. The van der Waals surface area contributed by atoms with Crippen molar-refractivity contribution in [3.05, 3.63) is 0 Å².